The minimum atomic E-state index is -4.68. The van der Waals surface area contributed by atoms with Crippen LogP contribution >= 0.6 is 0 Å². The van der Waals surface area contributed by atoms with Crippen LogP contribution in [0.3, 0.4) is 0 Å². The van der Waals surface area contributed by atoms with Crippen LogP contribution in [0.25, 0.3) is 0 Å². The number of ether oxygens (including phenoxy) is 1. The van der Waals surface area contributed by atoms with E-state index in [0.29, 0.717) is 12.8 Å². The third-order valence-electron chi connectivity index (χ3n) is 5.37. The van der Waals surface area contributed by atoms with Gasteiger partial charge in [-0.2, -0.15) is 13.2 Å². The predicted octanol–water partition coefficient (Wildman–Crippen LogP) is 2.87. The van der Waals surface area contributed by atoms with Crippen LogP contribution in [0.5, 0.6) is 5.75 Å². The smallest absolute Gasteiger partial charge is 0.437 e. The number of nitrogens with one attached hydrogen (secondary N) is 1. The van der Waals surface area contributed by atoms with E-state index < -0.39 is 18.2 Å². The number of amides is 1. The van der Waals surface area contributed by atoms with E-state index in [9.17, 15) is 22.4 Å². The minimum Gasteiger partial charge on any atom is -0.491 e. The molecule has 11 heteroatoms. The van der Waals surface area contributed by atoms with Gasteiger partial charge < -0.3 is 15.4 Å². The molecule has 7 nitrogen and oxygen atoms in total. The van der Waals surface area contributed by atoms with Gasteiger partial charge in [-0.05, 0) is 31.9 Å². The number of carbonyl (C=O) groups excluding carboxylic acids is 1. The highest BCUT2D eigenvalue weighted by Gasteiger charge is 2.45. The Kier molecular flexibility index (Phi) is 6.75. The van der Waals surface area contributed by atoms with Crippen LogP contribution in [0.2, 0.25) is 0 Å². The van der Waals surface area contributed by atoms with Crippen LogP contribution in [0.4, 0.5) is 17.6 Å². The molecule has 3 N–H and O–H groups in total. The quantitative estimate of drug-likeness (QED) is 0.682. The zero-order valence-corrected chi connectivity index (χ0v) is 17.5. The van der Waals surface area contributed by atoms with Crippen molar-refractivity contribution >= 4 is 11.7 Å². The van der Waals surface area contributed by atoms with Gasteiger partial charge in [-0.25, -0.2) is 19.7 Å². The number of hydrogen-bond acceptors (Lipinski definition) is 6. The van der Waals surface area contributed by atoms with E-state index in [2.05, 4.69) is 15.3 Å². The number of hydroxylamine groups is 1. The molecule has 2 unspecified atom stereocenters. The Labute approximate surface area is 177 Å². The van der Waals surface area contributed by atoms with E-state index in [4.69, 9.17) is 10.5 Å². The number of benzene rings is 1. The average molecular weight is 446 g/mol. The fourth-order valence-corrected chi connectivity index (χ4v) is 3.61. The summed E-state index contributed by atoms with van der Waals surface area (Å²) in [4.78, 5) is 22.1. The molecule has 2 atom stereocenters. The van der Waals surface area contributed by atoms with Crippen molar-refractivity contribution in [3.05, 3.63) is 29.1 Å². The molecular formula is C20H26F4N4O3. The second kappa shape index (κ2) is 8.99. The molecule has 1 amide bonds. The number of fused-ring (bicyclic) bond motifs is 1. The van der Waals surface area contributed by atoms with Gasteiger partial charge in [0, 0.05) is 23.1 Å². The highest BCUT2D eigenvalue weighted by Crippen LogP contribution is 2.34. The summed E-state index contributed by atoms with van der Waals surface area (Å²) in [7, 11) is 0. The first-order valence-electron chi connectivity index (χ1n) is 10.2. The summed E-state index contributed by atoms with van der Waals surface area (Å²) >= 11 is 0. The molecule has 2 heterocycles. The van der Waals surface area contributed by atoms with Gasteiger partial charge in [-0.15, -0.1) is 0 Å². The number of alkyl halides is 3. The lowest BCUT2D eigenvalue weighted by Gasteiger charge is -2.37. The highest BCUT2D eigenvalue weighted by atomic mass is 19.4. The molecule has 1 aromatic carbocycles. The van der Waals surface area contributed by atoms with E-state index in [0.717, 1.165) is 6.07 Å². The molecule has 0 aromatic heterocycles. The van der Waals surface area contributed by atoms with E-state index in [1.807, 2.05) is 13.8 Å². The van der Waals surface area contributed by atoms with Crippen LogP contribution in [0.1, 0.15) is 44.7 Å². The summed E-state index contributed by atoms with van der Waals surface area (Å²) in [6, 6.07) is 2.16. The number of rotatable bonds is 2. The predicted molar refractivity (Wildman–Crippen MR) is 105 cm³/mol. The normalized spacial score (nSPS) is 27.5. The maximum atomic E-state index is 14.8. The van der Waals surface area contributed by atoms with Crippen LogP contribution in [-0.4, -0.2) is 47.7 Å². The third-order valence-corrected chi connectivity index (χ3v) is 5.37. The van der Waals surface area contributed by atoms with Gasteiger partial charge in [0.25, 0.3) is 6.23 Å². The number of aliphatic imine (C=N–C) groups is 1. The van der Waals surface area contributed by atoms with Crippen LogP contribution < -0.4 is 16.0 Å². The lowest BCUT2D eigenvalue weighted by Crippen LogP contribution is -2.49. The maximum Gasteiger partial charge on any atom is 0.437 e. The second-order valence-electron chi connectivity index (χ2n) is 7.58. The summed E-state index contributed by atoms with van der Waals surface area (Å²) in [5.41, 5.74) is 8.07. The van der Waals surface area contributed by atoms with Gasteiger partial charge in [-0.1, -0.05) is 13.8 Å². The lowest BCUT2D eigenvalue weighted by molar-refractivity contribution is -0.220. The summed E-state index contributed by atoms with van der Waals surface area (Å²) in [5, 5.41) is 0. The van der Waals surface area contributed by atoms with Gasteiger partial charge in [0.05, 0.1) is 12.6 Å². The highest BCUT2D eigenvalue weighted by molar-refractivity contribution is 5.99. The molecule has 4 rings (SSSR count). The lowest BCUT2D eigenvalue weighted by atomic mass is 9.79. The summed E-state index contributed by atoms with van der Waals surface area (Å²) in [6.45, 7) is 5.93. The monoisotopic (exact) mass is 446 g/mol. The van der Waals surface area contributed by atoms with E-state index in [1.54, 1.807) is 11.8 Å². The molecule has 0 spiro atoms. The standard InChI is InChI=1S/C18H20F4N4O3.C2H6/c1-8-7-28-14-5-9(15-24-17(29-25-15)18(20,21)22)4-13(19)12(14)6-26(8)16(27)10-2-11(23)3-10;1-2/h4-5,8,10-11,17H,2-3,6-7,23H2,1H3,(H,24,25);1-2H3. The van der Waals surface area contributed by atoms with Crippen molar-refractivity contribution in [2.45, 2.75) is 64.6 Å². The number of halogens is 4. The average Bonchev–Trinajstić information content (AvgIpc) is 3.14. The summed E-state index contributed by atoms with van der Waals surface area (Å²) in [5.74, 6) is -1.05. The van der Waals surface area contributed by atoms with Gasteiger partial charge in [0.15, 0.2) is 5.84 Å². The minimum absolute atomic E-state index is 0.00870. The molecule has 172 valence electrons. The topological polar surface area (TPSA) is 89.2 Å². The number of carbonyl (C=O) groups is 1. The molecule has 1 fully saturated rings. The SMILES string of the molecule is CC.CC1COc2cc(C3=NC(C(F)(F)F)ON3)cc(F)c2CN1C(=O)C1CC(N)C1. The molecule has 0 bridgehead atoms. The van der Waals surface area contributed by atoms with E-state index in [-0.39, 0.29) is 59.8 Å². The number of nitrogens with two attached hydrogens (primary N) is 1. The first-order valence-corrected chi connectivity index (χ1v) is 10.2. The first kappa shape index (κ1) is 23.3. The van der Waals surface area contributed by atoms with Crippen molar-refractivity contribution in [1.82, 2.24) is 10.4 Å². The van der Waals surface area contributed by atoms with Gasteiger partial charge >= 0.3 is 6.18 Å². The number of amidine groups is 1. The van der Waals surface area contributed by atoms with Crippen molar-refractivity contribution < 1.29 is 31.9 Å². The van der Waals surface area contributed by atoms with Gasteiger partial charge in [-0.3, -0.25) is 4.79 Å². The van der Waals surface area contributed by atoms with Crippen molar-refractivity contribution in [3.63, 3.8) is 0 Å². The zero-order chi connectivity index (χ0) is 22.9. The van der Waals surface area contributed by atoms with E-state index in [1.165, 1.54) is 6.07 Å². The van der Waals surface area contributed by atoms with Crippen molar-refractivity contribution in [1.29, 1.82) is 0 Å². The Balaban J connectivity index is 0.00000132. The van der Waals surface area contributed by atoms with Gasteiger partial charge in [0.2, 0.25) is 5.91 Å². The van der Waals surface area contributed by atoms with Crippen LogP contribution in [0.15, 0.2) is 17.1 Å². The number of hydrogen-bond donors (Lipinski definition) is 2. The molecule has 2 aliphatic heterocycles. The molecule has 1 aliphatic carbocycles. The Hall–Kier alpha value is -2.40. The van der Waals surface area contributed by atoms with E-state index >= 15 is 0 Å². The second-order valence-corrected chi connectivity index (χ2v) is 7.58. The number of nitrogens with zero attached hydrogens (tertiary/aromatic N) is 2. The Morgan fingerprint density at radius 2 is 1.97 bits per heavy atom. The van der Waals surface area contributed by atoms with Crippen molar-refractivity contribution in [3.8, 4) is 5.75 Å². The first-order chi connectivity index (χ1) is 14.6. The molecule has 0 saturated heterocycles. The molecule has 31 heavy (non-hydrogen) atoms. The molecular weight excluding hydrogens is 420 g/mol. The molecule has 1 saturated carbocycles. The van der Waals surface area contributed by atoms with Crippen LogP contribution in [-0.2, 0) is 16.2 Å². The van der Waals surface area contributed by atoms with Crippen molar-refractivity contribution in [2.24, 2.45) is 16.6 Å². The van der Waals surface area contributed by atoms with Crippen molar-refractivity contribution in [2.75, 3.05) is 6.61 Å². The fraction of sp³-hybridized carbons (Fsp3) is 0.600. The molecule has 0 radical (unpaired) electrons. The largest absolute Gasteiger partial charge is 0.491 e. The summed E-state index contributed by atoms with van der Waals surface area (Å²) < 4.78 is 58.7. The maximum absolute atomic E-state index is 14.8. The summed E-state index contributed by atoms with van der Waals surface area (Å²) in [6.07, 6.45) is -5.84. The Morgan fingerprint density at radius 1 is 1.29 bits per heavy atom. The zero-order valence-electron chi connectivity index (χ0n) is 17.5. The molecule has 1 aromatic rings. The Morgan fingerprint density at radius 3 is 2.55 bits per heavy atom. The molecule has 3 aliphatic rings. The Bertz CT molecular complexity index is 856. The fourth-order valence-electron chi connectivity index (χ4n) is 3.61. The van der Waals surface area contributed by atoms with Gasteiger partial charge in [0.1, 0.15) is 18.2 Å². The third kappa shape index (κ3) is 4.77. The van der Waals surface area contributed by atoms with Crippen LogP contribution in [0, 0.1) is 11.7 Å².